The molecule has 2 aliphatic heterocycles. The summed E-state index contributed by atoms with van der Waals surface area (Å²) in [5.41, 5.74) is 3.06. The number of methoxy groups -OCH3 is 1. The summed E-state index contributed by atoms with van der Waals surface area (Å²) < 4.78 is 13.6. The van der Waals surface area contributed by atoms with Crippen LogP contribution in [0.25, 0.3) is 17.0 Å². The molecule has 5 rings (SSSR count). The zero-order chi connectivity index (χ0) is 22.2. The van der Waals surface area contributed by atoms with Crippen LogP contribution in [0.2, 0.25) is 0 Å². The molecule has 1 N–H and O–H groups in total. The highest BCUT2D eigenvalue weighted by atomic mass is 16.5. The molecule has 1 aromatic heterocycles. The number of nitrogens with zero attached hydrogens (tertiary/aromatic N) is 1. The summed E-state index contributed by atoms with van der Waals surface area (Å²) in [5, 5.41) is 13.7. The van der Waals surface area contributed by atoms with E-state index in [4.69, 9.17) is 9.47 Å². The van der Waals surface area contributed by atoms with Gasteiger partial charge in [-0.1, -0.05) is 11.8 Å². The second kappa shape index (κ2) is 8.36. The predicted molar refractivity (Wildman–Crippen MR) is 121 cm³/mol. The maximum Gasteiger partial charge on any atom is 0.231 e. The molecule has 0 aliphatic carbocycles. The fourth-order valence-corrected chi connectivity index (χ4v) is 4.88. The molecule has 3 aromatic rings. The first-order valence-corrected chi connectivity index (χ1v) is 11.4. The molecule has 0 spiro atoms. The number of allylic oxidation sites excluding steroid dienone is 1. The van der Waals surface area contributed by atoms with Crippen molar-refractivity contribution in [1.82, 2.24) is 4.57 Å². The Kier molecular flexibility index (Phi) is 5.39. The zero-order valence-electron chi connectivity index (χ0n) is 18.6. The molecule has 32 heavy (non-hydrogen) atoms. The van der Waals surface area contributed by atoms with Gasteiger partial charge in [0.2, 0.25) is 5.78 Å². The van der Waals surface area contributed by atoms with Crippen LogP contribution < -0.4 is 19.5 Å². The van der Waals surface area contributed by atoms with Crippen LogP contribution in [0.3, 0.4) is 0 Å². The van der Waals surface area contributed by atoms with Crippen molar-refractivity contribution in [2.24, 2.45) is 0 Å². The van der Waals surface area contributed by atoms with E-state index in [9.17, 15) is 9.90 Å². The van der Waals surface area contributed by atoms with E-state index in [-0.39, 0.29) is 17.3 Å². The van der Waals surface area contributed by atoms with Gasteiger partial charge < -0.3 is 24.0 Å². The number of fused-ring (bicyclic) bond motifs is 2. The molecular formula is C26H28N2O4. The molecule has 6 heteroatoms. The summed E-state index contributed by atoms with van der Waals surface area (Å²) in [6, 6.07) is 9.05. The van der Waals surface area contributed by atoms with Gasteiger partial charge in [-0.3, -0.25) is 4.79 Å². The lowest BCUT2D eigenvalue weighted by Gasteiger charge is -2.26. The third kappa shape index (κ3) is 3.54. The van der Waals surface area contributed by atoms with Crippen molar-refractivity contribution in [1.29, 1.82) is 0 Å². The van der Waals surface area contributed by atoms with E-state index >= 15 is 0 Å². The average molecular weight is 433 g/mol. The minimum atomic E-state index is -0.171. The number of ether oxygens (including phenoxy) is 2. The molecule has 3 heterocycles. The topological polar surface area (TPSA) is 68.0 Å². The minimum Gasteiger partial charge on any atom is -0.872 e. The fourth-order valence-electron chi connectivity index (χ4n) is 4.88. The Morgan fingerprint density at radius 3 is 2.75 bits per heavy atom. The highest BCUT2D eigenvalue weighted by Crippen LogP contribution is 2.39. The zero-order valence-corrected chi connectivity index (χ0v) is 18.6. The Hall–Kier alpha value is -3.25. The number of ketones is 1. The summed E-state index contributed by atoms with van der Waals surface area (Å²) in [6.45, 7) is 5.60. The van der Waals surface area contributed by atoms with Crippen LogP contribution >= 0.6 is 0 Å². The quantitative estimate of drug-likeness (QED) is 0.630. The number of likely N-dealkylation sites (tertiary alicyclic amines) is 1. The smallest absolute Gasteiger partial charge is 0.231 e. The van der Waals surface area contributed by atoms with Crippen molar-refractivity contribution in [3.05, 3.63) is 59.0 Å². The van der Waals surface area contributed by atoms with Crippen molar-refractivity contribution in [2.75, 3.05) is 20.2 Å². The molecule has 0 radical (unpaired) electrons. The number of rotatable bonds is 5. The number of nitrogens with one attached hydrogen (secondary N) is 1. The third-order valence-electron chi connectivity index (χ3n) is 6.63. The van der Waals surface area contributed by atoms with Crippen LogP contribution in [0.1, 0.15) is 47.7 Å². The number of hydrogen-bond donors (Lipinski definition) is 1. The van der Waals surface area contributed by atoms with E-state index in [0.29, 0.717) is 23.4 Å². The van der Waals surface area contributed by atoms with Crippen LogP contribution in [-0.4, -0.2) is 30.5 Å². The van der Waals surface area contributed by atoms with E-state index in [0.717, 1.165) is 41.9 Å². The van der Waals surface area contributed by atoms with Gasteiger partial charge in [0, 0.05) is 34.8 Å². The number of hydrogen-bond acceptors (Lipinski definition) is 4. The number of carbonyl (C=O) groups is 1. The lowest BCUT2D eigenvalue weighted by atomic mass is 10.0. The monoisotopic (exact) mass is 432 g/mol. The molecule has 2 aromatic carbocycles. The summed E-state index contributed by atoms with van der Waals surface area (Å²) in [4.78, 5) is 14.5. The van der Waals surface area contributed by atoms with Gasteiger partial charge in [0.25, 0.3) is 0 Å². The lowest BCUT2D eigenvalue weighted by Crippen LogP contribution is -3.11. The standard InChI is InChI=1S/C26H28N2O4/c1-3-28-15-17(20-14-18(31-2)7-9-22(20)28)13-24-25(30)19-8-10-23(29)21(26(19)32-24)16-27-11-5-4-6-12-27/h7-10,13-15,29H,3-6,11-12,16H2,1-2H3/b24-13+. The lowest BCUT2D eigenvalue weighted by molar-refractivity contribution is -0.918. The molecule has 2 aliphatic rings. The van der Waals surface area contributed by atoms with E-state index in [1.54, 1.807) is 19.3 Å². The second-order valence-electron chi connectivity index (χ2n) is 8.60. The number of aryl methyl sites for hydroxylation is 1. The van der Waals surface area contributed by atoms with Gasteiger partial charge in [0.1, 0.15) is 18.0 Å². The Bertz CT molecular complexity index is 1220. The Morgan fingerprint density at radius 1 is 1.19 bits per heavy atom. The summed E-state index contributed by atoms with van der Waals surface area (Å²) in [7, 11) is 1.64. The van der Waals surface area contributed by atoms with Crippen LogP contribution in [0, 0.1) is 0 Å². The summed E-state index contributed by atoms with van der Waals surface area (Å²) >= 11 is 0. The van der Waals surface area contributed by atoms with E-state index < -0.39 is 0 Å². The number of quaternary nitrogens is 1. The molecule has 166 valence electrons. The number of aromatic nitrogens is 1. The van der Waals surface area contributed by atoms with Crippen molar-refractivity contribution in [3.63, 3.8) is 0 Å². The van der Waals surface area contributed by atoms with E-state index in [1.165, 1.54) is 30.2 Å². The average Bonchev–Trinajstić information content (AvgIpc) is 3.33. The number of Topliss-reactive ketones (excluding diaryl/α,β-unsaturated/α-hetero) is 1. The fraction of sp³-hybridized carbons (Fsp3) is 0.346. The number of benzene rings is 2. The molecule has 0 atom stereocenters. The molecule has 0 unspecified atom stereocenters. The number of carbonyl (C=O) groups excluding carboxylic acids is 1. The predicted octanol–water partition coefficient (Wildman–Crippen LogP) is 2.93. The van der Waals surface area contributed by atoms with Crippen molar-refractivity contribution < 1.29 is 24.3 Å². The summed E-state index contributed by atoms with van der Waals surface area (Å²) in [5.74, 6) is 1.25. The first kappa shape index (κ1) is 20.6. The van der Waals surface area contributed by atoms with Gasteiger partial charge in [-0.05, 0) is 56.5 Å². The number of piperidine rings is 1. The van der Waals surface area contributed by atoms with Crippen molar-refractivity contribution in [2.45, 2.75) is 39.3 Å². The molecule has 0 amide bonds. The maximum absolute atomic E-state index is 13.2. The van der Waals surface area contributed by atoms with Gasteiger partial charge in [0.05, 0.1) is 25.8 Å². The molecule has 0 saturated carbocycles. The minimum absolute atomic E-state index is 0.0526. The van der Waals surface area contributed by atoms with E-state index in [2.05, 4.69) is 11.5 Å². The van der Waals surface area contributed by atoms with Gasteiger partial charge in [-0.15, -0.1) is 0 Å². The Labute approximate surface area is 187 Å². The third-order valence-corrected chi connectivity index (χ3v) is 6.63. The molecule has 1 fully saturated rings. The van der Waals surface area contributed by atoms with Crippen molar-refractivity contribution in [3.8, 4) is 17.2 Å². The molecule has 6 nitrogen and oxygen atoms in total. The highest BCUT2D eigenvalue weighted by Gasteiger charge is 2.31. The first-order valence-electron chi connectivity index (χ1n) is 11.4. The largest absolute Gasteiger partial charge is 0.872 e. The van der Waals surface area contributed by atoms with Crippen LogP contribution in [0.4, 0.5) is 0 Å². The first-order chi connectivity index (χ1) is 15.6. The van der Waals surface area contributed by atoms with E-state index in [1.807, 2.05) is 24.4 Å². The molecule has 1 saturated heterocycles. The molecular weight excluding hydrogens is 404 g/mol. The normalized spacial score (nSPS) is 17.7. The van der Waals surface area contributed by atoms with Crippen LogP contribution in [0.5, 0.6) is 17.2 Å². The second-order valence-corrected chi connectivity index (χ2v) is 8.60. The Morgan fingerprint density at radius 2 is 2.00 bits per heavy atom. The van der Waals surface area contributed by atoms with Gasteiger partial charge in [0.15, 0.2) is 5.76 Å². The Balaban J connectivity index is 1.53. The van der Waals surface area contributed by atoms with Gasteiger partial charge in [-0.2, -0.15) is 0 Å². The highest BCUT2D eigenvalue weighted by molar-refractivity contribution is 6.15. The van der Waals surface area contributed by atoms with Gasteiger partial charge >= 0.3 is 0 Å². The SMILES string of the molecule is CCn1cc(/C=C2/Oc3c(ccc([O-])c3C[NH+]3CCCCC3)C2=O)c2cc(OC)ccc21. The van der Waals surface area contributed by atoms with Crippen LogP contribution in [0.15, 0.2) is 42.3 Å². The maximum atomic E-state index is 13.2. The molecule has 0 bridgehead atoms. The van der Waals surface area contributed by atoms with Crippen molar-refractivity contribution >= 4 is 22.8 Å². The van der Waals surface area contributed by atoms with Gasteiger partial charge in [-0.25, -0.2) is 0 Å². The summed E-state index contributed by atoms with van der Waals surface area (Å²) in [6.07, 6.45) is 7.41. The van der Waals surface area contributed by atoms with Crippen LogP contribution in [-0.2, 0) is 13.1 Å².